The third kappa shape index (κ3) is 4.89. The number of nitrogens with zero attached hydrogens (tertiary/aromatic N) is 2. The normalized spacial score (nSPS) is 10.7. The summed E-state index contributed by atoms with van der Waals surface area (Å²) in [4.78, 5) is 12.0. The number of carbonyl (C=O) groups excluding carboxylic acids is 1. The SMILES string of the molecule is O=C(CSc1nnc(-c2cccc(Cl)c2)o1)Nc1ccc(Cl)c(Cl)c1. The lowest BCUT2D eigenvalue weighted by Crippen LogP contribution is -2.13. The number of anilines is 1. The van der Waals surface area contributed by atoms with Crippen molar-refractivity contribution in [2.24, 2.45) is 0 Å². The lowest BCUT2D eigenvalue weighted by molar-refractivity contribution is -0.113. The fraction of sp³-hybridized carbons (Fsp3) is 0.0625. The summed E-state index contributed by atoms with van der Waals surface area (Å²) in [7, 11) is 0. The second-order valence-electron chi connectivity index (χ2n) is 4.85. The maximum Gasteiger partial charge on any atom is 0.277 e. The van der Waals surface area contributed by atoms with E-state index in [0.29, 0.717) is 37.4 Å². The van der Waals surface area contributed by atoms with Gasteiger partial charge in [0.1, 0.15) is 0 Å². The van der Waals surface area contributed by atoms with Crippen LogP contribution in [0, 0.1) is 0 Å². The Labute approximate surface area is 162 Å². The van der Waals surface area contributed by atoms with Gasteiger partial charge in [0, 0.05) is 16.3 Å². The topological polar surface area (TPSA) is 68.0 Å². The average molecular weight is 415 g/mol. The Balaban J connectivity index is 1.58. The maximum absolute atomic E-state index is 12.0. The number of nitrogens with one attached hydrogen (secondary N) is 1. The molecule has 0 fully saturated rings. The number of benzene rings is 2. The van der Waals surface area contributed by atoms with Gasteiger partial charge in [-0.1, -0.05) is 52.6 Å². The molecule has 9 heteroatoms. The zero-order valence-corrected chi connectivity index (χ0v) is 15.6. The van der Waals surface area contributed by atoms with Crippen LogP contribution in [0.15, 0.2) is 52.1 Å². The number of hydrogen-bond acceptors (Lipinski definition) is 5. The van der Waals surface area contributed by atoms with Gasteiger partial charge in [0.05, 0.1) is 15.8 Å². The molecule has 0 aliphatic rings. The van der Waals surface area contributed by atoms with Crippen LogP contribution in [0.1, 0.15) is 0 Å². The van der Waals surface area contributed by atoms with Gasteiger partial charge in [0.15, 0.2) is 0 Å². The van der Waals surface area contributed by atoms with Crippen LogP contribution in [0.5, 0.6) is 0 Å². The predicted octanol–water partition coefficient (Wildman–Crippen LogP) is 5.43. The molecule has 0 aliphatic heterocycles. The van der Waals surface area contributed by atoms with Crippen molar-refractivity contribution in [2.75, 3.05) is 11.1 Å². The van der Waals surface area contributed by atoms with Gasteiger partial charge in [-0.3, -0.25) is 4.79 Å². The fourth-order valence-corrected chi connectivity index (χ4v) is 2.96. The van der Waals surface area contributed by atoms with Crippen molar-refractivity contribution in [3.05, 3.63) is 57.5 Å². The molecule has 1 N–H and O–H groups in total. The van der Waals surface area contributed by atoms with Gasteiger partial charge in [-0.05, 0) is 36.4 Å². The quantitative estimate of drug-likeness (QED) is 0.564. The number of halogens is 3. The third-order valence-electron chi connectivity index (χ3n) is 3.01. The smallest absolute Gasteiger partial charge is 0.277 e. The van der Waals surface area contributed by atoms with Crippen molar-refractivity contribution in [3.63, 3.8) is 0 Å². The summed E-state index contributed by atoms with van der Waals surface area (Å²) in [5, 5.41) is 12.2. The molecule has 1 heterocycles. The number of amides is 1. The molecule has 2 aromatic carbocycles. The van der Waals surface area contributed by atoms with E-state index < -0.39 is 0 Å². The molecule has 1 amide bonds. The van der Waals surface area contributed by atoms with Crippen LogP contribution < -0.4 is 5.32 Å². The lowest BCUT2D eigenvalue weighted by Gasteiger charge is -2.05. The molecule has 0 aliphatic carbocycles. The number of aromatic nitrogens is 2. The first kappa shape index (κ1) is 18.1. The molecule has 0 saturated heterocycles. The highest BCUT2D eigenvalue weighted by Crippen LogP contribution is 2.27. The molecule has 3 rings (SSSR count). The summed E-state index contributed by atoms with van der Waals surface area (Å²) in [6.07, 6.45) is 0. The van der Waals surface area contributed by atoms with Crippen LogP contribution >= 0.6 is 46.6 Å². The molecule has 0 spiro atoms. The van der Waals surface area contributed by atoms with E-state index in [2.05, 4.69) is 15.5 Å². The maximum atomic E-state index is 12.0. The van der Waals surface area contributed by atoms with Crippen molar-refractivity contribution >= 4 is 58.2 Å². The van der Waals surface area contributed by atoms with Crippen molar-refractivity contribution in [2.45, 2.75) is 5.22 Å². The van der Waals surface area contributed by atoms with Gasteiger partial charge in [0.25, 0.3) is 5.22 Å². The first-order valence-corrected chi connectivity index (χ1v) is 9.10. The zero-order chi connectivity index (χ0) is 17.8. The molecule has 1 aromatic heterocycles. The van der Waals surface area contributed by atoms with Gasteiger partial charge >= 0.3 is 0 Å². The molecule has 0 saturated carbocycles. The largest absolute Gasteiger partial charge is 0.411 e. The van der Waals surface area contributed by atoms with E-state index in [1.807, 2.05) is 6.07 Å². The first-order chi connectivity index (χ1) is 12.0. The molecular formula is C16H10Cl3N3O2S. The highest BCUT2D eigenvalue weighted by atomic mass is 35.5. The van der Waals surface area contributed by atoms with E-state index in [0.717, 1.165) is 11.8 Å². The van der Waals surface area contributed by atoms with Crippen LogP contribution in [0.4, 0.5) is 5.69 Å². The summed E-state index contributed by atoms with van der Waals surface area (Å²) in [5.74, 6) is 0.220. The summed E-state index contributed by atoms with van der Waals surface area (Å²) < 4.78 is 5.52. The highest BCUT2D eigenvalue weighted by Gasteiger charge is 2.12. The van der Waals surface area contributed by atoms with E-state index in [1.54, 1.807) is 36.4 Å². The number of carbonyl (C=O) groups is 1. The van der Waals surface area contributed by atoms with E-state index in [9.17, 15) is 4.79 Å². The average Bonchev–Trinajstić information content (AvgIpc) is 3.05. The Morgan fingerprint density at radius 1 is 1.08 bits per heavy atom. The molecule has 128 valence electrons. The molecule has 0 atom stereocenters. The standard InChI is InChI=1S/C16H10Cl3N3O2S/c17-10-3-1-2-9(6-10)15-21-22-16(24-15)25-8-14(23)20-11-4-5-12(18)13(19)7-11/h1-7H,8H2,(H,20,23). The lowest BCUT2D eigenvalue weighted by atomic mass is 10.2. The minimum absolute atomic E-state index is 0.109. The van der Waals surface area contributed by atoms with E-state index >= 15 is 0 Å². The third-order valence-corrected chi connectivity index (χ3v) is 4.80. The molecule has 0 bridgehead atoms. The van der Waals surface area contributed by atoms with E-state index in [-0.39, 0.29) is 11.7 Å². The van der Waals surface area contributed by atoms with Crippen LogP contribution in [0.3, 0.4) is 0 Å². The van der Waals surface area contributed by atoms with Crippen LogP contribution in [0.2, 0.25) is 15.1 Å². The fourth-order valence-electron chi connectivity index (χ4n) is 1.90. The molecule has 0 unspecified atom stereocenters. The van der Waals surface area contributed by atoms with Crippen molar-refractivity contribution in [1.29, 1.82) is 0 Å². The monoisotopic (exact) mass is 413 g/mol. The first-order valence-electron chi connectivity index (χ1n) is 6.98. The van der Waals surface area contributed by atoms with Gasteiger partial charge in [-0.15, -0.1) is 10.2 Å². The Morgan fingerprint density at radius 2 is 1.92 bits per heavy atom. The Kier molecular flexibility index (Phi) is 5.86. The number of thioether (sulfide) groups is 1. The predicted molar refractivity (Wildman–Crippen MR) is 101 cm³/mol. The summed E-state index contributed by atoms with van der Waals surface area (Å²) >= 11 is 18.8. The zero-order valence-electron chi connectivity index (χ0n) is 12.5. The van der Waals surface area contributed by atoms with Gasteiger partial charge in [0.2, 0.25) is 11.8 Å². The molecule has 3 aromatic rings. The van der Waals surface area contributed by atoms with E-state index in [4.69, 9.17) is 39.2 Å². The number of hydrogen-bond donors (Lipinski definition) is 1. The van der Waals surface area contributed by atoms with Crippen molar-refractivity contribution < 1.29 is 9.21 Å². The highest BCUT2D eigenvalue weighted by molar-refractivity contribution is 7.99. The van der Waals surface area contributed by atoms with Crippen molar-refractivity contribution in [1.82, 2.24) is 10.2 Å². The Morgan fingerprint density at radius 3 is 2.68 bits per heavy atom. The molecular weight excluding hydrogens is 405 g/mol. The molecule has 0 radical (unpaired) electrons. The van der Waals surface area contributed by atoms with Crippen LogP contribution in [-0.4, -0.2) is 21.9 Å². The molecule has 25 heavy (non-hydrogen) atoms. The minimum atomic E-state index is -0.231. The van der Waals surface area contributed by atoms with Crippen LogP contribution in [-0.2, 0) is 4.79 Å². The summed E-state index contributed by atoms with van der Waals surface area (Å²) in [6, 6.07) is 11.9. The van der Waals surface area contributed by atoms with Gasteiger partial charge in [-0.2, -0.15) is 0 Å². The Bertz CT molecular complexity index is 917. The van der Waals surface area contributed by atoms with Crippen molar-refractivity contribution in [3.8, 4) is 11.5 Å². The van der Waals surface area contributed by atoms with Gasteiger partial charge in [-0.25, -0.2) is 0 Å². The van der Waals surface area contributed by atoms with Crippen LogP contribution in [0.25, 0.3) is 11.5 Å². The second kappa shape index (κ2) is 8.10. The summed E-state index contributed by atoms with van der Waals surface area (Å²) in [6.45, 7) is 0. The molecule has 5 nitrogen and oxygen atoms in total. The van der Waals surface area contributed by atoms with E-state index in [1.165, 1.54) is 0 Å². The van der Waals surface area contributed by atoms with Gasteiger partial charge < -0.3 is 9.73 Å². The minimum Gasteiger partial charge on any atom is -0.411 e. The summed E-state index contributed by atoms with van der Waals surface area (Å²) in [5.41, 5.74) is 1.28. The Hall–Kier alpha value is -1.73. The second-order valence-corrected chi connectivity index (χ2v) is 7.03. The number of rotatable bonds is 5.